The quantitative estimate of drug-likeness (QED) is 0.778. The Morgan fingerprint density at radius 1 is 1.33 bits per heavy atom. The van der Waals surface area contributed by atoms with Gasteiger partial charge in [0.2, 0.25) is 10.0 Å². The number of benzene rings is 1. The Morgan fingerprint density at radius 2 is 2.04 bits per heavy atom. The fraction of sp³-hybridized carbons (Fsp3) is 0.467. The van der Waals surface area contributed by atoms with Crippen LogP contribution in [0, 0.1) is 5.92 Å². The van der Waals surface area contributed by atoms with Gasteiger partial charge in [-0.15, -0.1) is 0 Å². The monoisotopic (exact) mass is 355 g/mol. The molecule has 9 heteroatoms. The molecule has 1 atom stereocenters. The summed E-state index contributed by atoms with van der Waals surface area (Å²) in [5, 5.41) is 2.73. The van der Waals surface area contributed by atoms with Crippen LogP contribution in [-0.4, -0.2) is 51.8 Å². The number of carbonyl (C=O) groups is 2. The van der Waals surface area contributed by atoms with E-state index in [9.17, 15) is 18.0 Å². The van der Waals surface area contributed by atoms with E-state index in [2.05, 4.69) is 14.8 Å². The van der Waals surface area contributed by atoms with Crippen LogP contribution in [0.15, 0.2) is 24.3 Å². The molecule has 2 rings (SSSR count). The SMILES string of the molecule is COC(=O)CC1CCN(C(=O)Nc2cccc(NS(C)(=O)=O)c2)C1. The topological polar surface area (TPSA) is 105 Å². The zero-order valence-electron chi connectivity index (χ0n) is 13.6. The van der Waals surface area contributed by atoms with Crippen molar-refractivity contribution in [3.05, 3.63) is 24.3 Å². The van der Waals surface area contributed by atoms with Gasteiger partial charge in [-0.05, 0) is 30.5 Å². The normalized spacial score (nSPS) is 17.4. The second kappa shape index (κ2) is 7.52. The summed E-state index contributed by atoms with van der Waals surface area (Å²) in [6, 6.07) is 6.18. The molecule has 0 radical (unpaired) electrons. The Balaban J connectivity index is 1.93. The molecule has 1 aliphatic heterocycles. The molecule has 1 unspecified atom stereocenters. The van der Waals surface area contributed by atoms with E-state index >= 15 is 0 Å². The predicted octanol–water partition coefficient (Wildman–Crippen LogP) is 1.47. The van der Waals surface area contributed by atoms with Crippen molar-refractivity contribution in [2.45, 2.75) is 12.8 Å². The van der Waals surface area contributed by atoms with Gasteiger partial charge in [0.05, 0.1) is 25.5 Å². The minimum atomic E-state index is -3.38. The van der Waals surface area contributed by atoms with E-state index in [4.69, 9.17) is 0 Å². The zero-order valence-corrected chi connectivity index (χ0v) is 14.4. The molecule has 0 saturated carbocycles. The van der Waals surface area contributed by atoms with E-state index in [0.29, 0.717) is 30.9 Å². The Kier molecular flexibility index (Phi) is 5.66. The third kappa shape index (κ3) is 5.41. The Hall–Kier alpha value is -2.29. The van der Waals surface area contributed by atoms with Crippen molar-refractivity contribution >= 4 is 33.4 Å². The first kappa shape index (κ1) is 18.1. The van der Waals surface area contributed by atoms with Gasteiger partial charge in [-0.3, -0.25) is 9.52 Å². The lowest BCUT2D eigenvalue weighted by molar-refractivity contribution is -0.141. The summed E-state index contributed by atoms with van der Waals surface area (Å²) in [7, 11) is -2.03. The molecule has 0 bridgehead atoms. The summed E-state index contributed by atoms with van der Waals surface area (Å²) in [4.78, 5) is 25.2. The van der Waals surface area contributed by atoms with E-state index in [1.807, 2.05) is 0 Å². The molecule has 132 valence electrons. The number of carbonyl (C=O) groups excluding carboxylic acids is 2. The molecule has 2 amide bonds. The van der Waals surface area contributed by atoms with E-state index in [0.717, 1.165) is 12.7 Å². The van der Waals surface area contributed by atoms with Crippen LogP contribution in [0.1, 0.15) is 12.8 Å². The molecule has 24 heavy (non-hydrogen) atoms. The molecule has 1 heterocycles. The first-order valence-electron chi connectivity index (χ1n) is 7.47. The maximum Gasteiger partial charge on any atom is 0.321 e. The minimum Gasteiger partial charge on any atom is -0.469 e. The van der Waals surface area contributed by atoms with Gasteiger partial charge in [0, 0.05) is 18.8 Å². The van der Waals surface area contributed by atoms with Gasteiger partial charge in [-0.1, -0.05) is 6.07 Å². The molecular weight excluding hydrogens is 334 g/mol. The number of rotatable bonds is 5. The molecular formula is C15H21N3O5S. The summed E-state index contributed by atoms with van der Waals surface area (Å²) in [5.74, 6) is -0.178. The molecule has 0 spiro atoms. The van der Waals surface area contributed by atoms with Crippen molar-refractivity contribution in [1.82, 2.24) is 4.90 Å². The number of hydrogen-bond acceptors (Lipinski definition) is 5. The van der Waals surface area contributed by atoms with Crippen LogP contribution >= 0.6 is 0 Å². The molecule has 0 aliphatic carbocycles. The van der Waals surface area contributed by atoms with Crippen molar-refractivity contribution in [3.63, 3.8) is 0 Å². The molecule has 1 aromatic rings. The summed E-state index contributed by atoms with van der Waals surface area (Å²) in [5.41, 5.74) is 0.866. The predicted molar refractivity (Wildman–Crippen MR) is 90.2 cm³/mol. The highest BCUT2D eigenvalue weighted by Crippen LogP contribution is 2.22. The number of urea groups is 1. The molecule has 1 fully saturated rings. The number of nitrogens with zero attached hydrogens (tertiary/aromatic N) is 1. The zero-order chi connectivity index (χ0) is 17.7. The largest absolute Gasteiger partial charge is 0.469 e. The average molecular weight is 355 g/mol. The standard InChI is InChI=1S/C15H21N3O5S/c1-23-14(19)8-11-6-7-18(10-11)15(20)16-12-4-3-5-13(9-12)17-24(2,21)22/h3-5,9,11,17H,6-8,10H2,1-2H3,(H,16,20). The van der Waals surface area contributed by atoms with Crippen LogP contribution in [0.5, 0.6) is 0 Å². The number of likely N-dealkylation sites (tertiary alicyclic amines) is 1. The third-order valence-electron chi connectivity index (χ3n) is 3.67. The van der Waals surface area contributed by atoms with Gasteiger partial charge in [-0.2, -0.15) is 0 Å². The van der Waals surface area contributed by atoms with Crippen LogP contribution in [0.3, 0.4) is 0 Å². The van der Waals surface area contributed by atoms with E-state index in [1.165, 1.54) is 7.11 Å². The second-order valence-corrected chi connectivity index (χ2v) is 7.51. The maximum atomic E-state index is 12.3. The molecule has 0 aromatic heterocycles. The summed E-state index contributed by atoms with van der Waals surface area (Å²) in [6.45, 7) is 1.05. The number of amides is 2. The molecule has 1 aromatic carbocycles. The highest BCUT2D eigenvalue weighted by atomic mass is 32.2. The van der Waals surface area contributed by atoms with Crippen LogP contribution in [-0.2, 0) is 19.6 Å². The second-order valence-electron chi connectivity index (χ2n) is 5.77. The van der Waals surface area contributed by atoms with Gasteiger partial charge >= 0.3 is 12.0 Å². The highest BCUT2D eigenvalue weighted by molar-refractivity contribution is 7.92. The Bertz CT molecular complexity index is 720. The van der Waals surface area contributed by atoms with Gasteiger partial charge in [-0.25, -0.2) is 13.2 Å². The molecule has 1 aliphatic rings. The molecule has 2 N–H and O–H groups in total. The van der Waals surface area contributed by atoms with E-state index in [-0.39, 0.29) is 17.9 Å². The number of nitrogens with one attached hydrogen (secondary N) is 2. The van der Waals surface area contributed by atoms with Gasteiger partial charge in [0.1, 0.15) is 0 Å². The van der Waals surface area contributed by atoms with Gasteiger partial charge in [0.15, 0.2) is 0 Å². The molecule has 1 saturated heterocycles. The first-order valence-corrected chi connectivity index (χ1v) is 9.36. The number of esters is 1. The van der Waals surface area contributed by atoms with Crippen molar-refractivity contribution in [2.75, 3.05) is 36.5 Å². The van der Waals surface area contributed by atoms with Crippen molar-refractivity contribution in [3.8, 4) is 0 Å². The van der Waals surface area contributed by atoms with Crippen LogP contribution in [0.4, 0.5) is 16.2 Å². The van der Waals surface area contributed by atoms with Crippen LogP contribution < -0.4 is 10.0 Å². The fourth-order valence-electron chi connectivity index (χ4n) is 2.58. The summed E-state index contributed by atoms with van der Waals surface area (Å²) in [6.07, 6.45) is 2.11. The third-order valence-corrected chi connectivity index (χ3v) is 4.28. The van der Waals surface area contributed by atoms with E-state index < -0.39 is 10.0 Å². The average Bonchev–Trinajstić information content (AvgIpc) is 2.94. The van der Waals surface area contributed by atoms with E-state index in [1.54, 1.807) is 29.2 Å². The van der Waals surface area contributed by atoms with Gasteiger partial charge in [0.25, 0.3) is 0 Å². The smallest absolute Gasteiger partial charge is 0.321 e. The summed E-state index contributed by atoms with van der Waals surface area (Å²) >= 11 is 0. The van der Waals surface area contributed by atoms with Crippen LogP contribution in [0.25, 0.3) is 0 Å². The summed E-state index contributed by atoms with van der Waals surface area (Å²) < 4.78 is 29.5. The van der Waals surface area contributed by atoms with Crippen molar-refractivity contribution < 1.29 is 22.7 Å². The van der Waals surface area contributed by atoms with Crippen molar-refractivity contribution in [1.29, 1.82) is 0 Å². The number of ether oxygens (including phenoxy) is 1. The van der Waals surface area contributed by atoms with Crippen molar-refractivity contribution in [2.24, 2.45) is 5.92 Å². The van der Waals surface area contributed by atoms with Crippen LogP contribution in [0.2, 0.25) is 0 Å². The Labute approximate surface area is 141 Å². The molecule has 8 nitrogen and oxygen atoms in total. The fourth-order valence-corrected chi connectivity index (χ4v) is 3.13. The minimum absolute atomic E-state index is 0.0986. The lowest BCUT2D eigenvalue weighted by atomic mass is 10.1. The number of methoxy groups -OCH3 is 1. The number of hydrogen-bond donors (Lipinski definition) is 2. The number of anilines is 2. The lowest BCUT2D eigenvalue weighted by Gasteiger charge is -2.17. The van der Waals surface area contributed by atoms with Gasteiger partial charge < -0.3 is 15.0 Å². The maximum absolute atomic E-state index is 12.3. The number of sulfonamides is 1. The highest BCUT2D eigenvalue weighted by Gasteiger charge is 2.28. The lowest BCUT2D eigenvalue weighted by Crippen LogP contribution is -2.33. The first-order chi connectivity index (χ1) is 11.3. The Morgan fingerprint density at radius 3 is 2.71 bits per heavy atom.